The largest absolute Gasteiger partial charge is 0.494 e. The van der Waals surface area contributed by atoms with Gasteiger partial charge in [-0.2, -0.15) is 5.26 Å². The molecule has 0 aliphatic rings. The maximum absolute atomic E-state index is 9.10. The van der Waals surface area contributed by atoms with Crippen molar-refractivity contribution in [1.82, 2.24) is 4.98 Å². The first-order valence-corrected chi connectivity index (χ1v) is 6.80. The smallest absolute Gasteiger partial charge is 0.163 e. The molecule has 108 valence electrons. The van der Waals surface area contributed by atoms with Crippen molar-refractivity contribution in [3.05, 3.63) is 42.2 Å². The number of nitrogens with one attached hydrogen (secondary N) is 1. The molecule has 0 aliphatic heterocycles. The van der Waals surface area contributed by atoms with Gasteiger partial charge in [0.05, 0.1) is 24.6 Å². The summed E-state index contributed by atoms with van der Waals surface area (Å²) >= 11 is 0. The van der Waals surface area contributed by atoms with E-state index in [1.165, 1.54) is 0 Å². The topological polar surface area (TPSA) is 67.2 Å². The molecule has 0 amide bonds. The van der Waals surface area contributed by atoms with Crippen molar-refractivity contribution in [1.29, 1.82) is 5.26 Å². The first-order valence-electron chi connectivity index (χ1n) is 6.80. The third-order valence-electron chi connectivity index (χ3n) is 2.74. The van der Waals surface area contributed by atoms with E-state index in [0.29, 0.717) is 30.3 Å². The summed E-state index contributed by atoms with van der Waals surface area (Å²) in [5.41, 5.74) is 1.71. The molecular formula is C16H17N3O2. The highest BCUT2D eigenvalue weighted by Crippen LogP contribution is 2.32. The first kappa shape index (κ1) is 14.7. The molecular weight excluding hydrogens is 266 g/mol. The van der Waals surface area contributed by atoms with E-state index in [-0.39, 0.29) is 0 Å². The predicted molar refractivity (Wildman–Crippen MR) is 81.0 cm³/mol. The first-order chi connectivity index (χ1) is 10.3. The minimum Gasteiger partial charge on any atom is -0.494 e. The van der Waals surface area contributed by atoms with Gasteiger partial charge in [0.15, 0.2) is 5.69 Å². The van der Waals surface area contributed by atoms with Gasteiger partial charge in [-0.25, -0.2) is 4.98 Å². The summed E-state index contributed by atoms with van der Waals surface area (Å²) in [6.45, 7) is 4.99. The predicted octanol–water partition coefficient (Wildman–Crippen LogP) is 3.49. The summed E-state index contributed by atoms with van der Waals surface area (Å²) in [5.74, 6) is 1.44. The van der Waals surface area contributed by atoms with E-state index in [1.807, 2.05) is 32.0 Å². The maximum atomic E-state index is 9.10. The molecule has 2 rings (SSSR count). The van der Waals surface area contributed by atoms with Crippen LogP contribution in [0.5, 0.6) is 11.5 Å². The standard InChI is InChI=1S/C16H17N3O2/c1-3-20-12-7-8-16(21-4-2)14(10-12)19-13-6-5-9-18-15(13)11-17/h5-10,19H,3-4H2,1-2H3. The minimum atomic E-state index is 0.335. The van der Waals surface area contributed by atoms with Crippen LogP contribution in [0.4, 0.5) is 11.4 Å². The lowest BCUT2D eigenvalue weighted by Crippen LogP contribution is -2.01. The lowest BCUT2D eigenvalue weighted by molar-refractivity contribution is 0.332. The molecule has 1 N–H and O–H groups in total. The van der Waals surface area contributed by atoms with Gasteiger partial charge in [0, 0.05) is 12.3 Å². The lowest BCUT2D eigenvalue weighted by atomic mass is 10.2. The normalized spacial score (nSPS) is 9.76. The molecule has 0 atom stereocenters. The van der Waals surface area contributed by atoms with Gasteiger partial charge < -0.3 is 14.8 Å². The molecule has 21 heavy (non-hydrogen) atoms. The molecule has 1 heterocycles. The van der Waals surface area contributed by atoms with Crippen molar-refractivity contribution < 1.29 is 9.47 Å². The minimum absolute atomic E-state index is 0.335. The molecule has 0 bridgehead atoms. The highest BCUT2D eigenvalue weighted by Gasteiger charge is 2.09. The molecule has 0 saturated carbocycles. The zero-order valence-electron chi connectivity index (χ0n) is 12.1. The van der Waals surface area contributed by atoms with E-state index < -0.39 is 0 Å². The Kier molecular flexibility index (Phi) is 4.99. The fourth-order valence-corrected chi connectivity index (χ4v) is 1.88. The van der Waals surface area contributed by atoms with Gasteiger partial charge in [-0.15, -0.1) is 0 Å². The number of aromatic nitrogens is 1. The lowest BCUT2D eigenvalue weighted by Gasteiger charge is -2.14. The third-order valence-corrected chi connectivity index (χ3v) is 2.74. The van der Waals surface area contributed by atoms with E-state index >= 15 is 0 Å². The Morgan fingerprint density at radius 2 is 1.95 bits per heavy atom. The van der Waals surface area contributed by atoms with Gasteiger partial charge in [0.1, 0.15) is 17.6 Å². The summed E-state index contributed by atoms with van der Waals surface area (Å²) in [5, 5.41) is 12.3. The van der Waals surface area contributed by atoms with Crippen LogP contribution in [0, 0.1) is 11.3 Å². The second kappa shape index (κ2) is 7.15. The van der Waals surface area contributed by atoms with Crippen molar-refractivity contribution in [3.63, 3.8) is 0 Å². The molecule has 0 fully saturated rings. The average molecular weight is 283 g/mol. The van der Waals surface area contributed by atoms with Gasteiger partial charge in [0.2, 0.25) is 0 Å². The molecule has 1 aromatic carbocycles. The zero-order valence-corrected chi connectivity index (χ0v) is 12.1. The van der Waals surface area contributed by atoms with Gasteiger partial charge >= 0.3 is 0 Å². The highest BCUT2D eigenvalue weighted by atomic mass is 16.5. The summed E-state index contributed by atoms with van der Waals surface area (Å²) in [6, 6.07) is 11.2. The van der Waals surface area contributed by atoms with Crippen LogP contribution in [0.25, 0.3) is 0 Å². The van der Waals surface area contributed by atoms with Crippen LogP contribution in [0.2, 0.25) is 0 Å². The van der Waals surface area contributed by atoms with Gasteiger partial charge in [-0.1, -0.05) is 0 Å². The second-order valence-electron chi connectivity index (χ2n) is 4.16. The van der Waals surface area contributed by atoms with Crippen LogP contribution in [0.1, 0.15) is 19.5 Å². The molecule has 5 heteroatoms. The van der Waals surface area contributed by atoms with E-state index in [1.54, 1.807) is 18.3 Å². The summed E-state index contributed by atoms with van der Waals surface area (Å²) < 4.78 is 11.1. The molecule has 5 nitrogen and oxygen atoms in total. The number of nitrogens with zero attached hydrogens (tertiary/aromatic N) is 2. The Hall–Kier alpha value is -2.74. The number of anilines is 2. The Morgan fingerprint density at radius 1 is 1.14 bits per heavy atom. The maximum Gasteiger partial charge on any atom is 0.163 e. The van der Waals surface area contributed by atoms with E-state index in [2.05, 4.69) is 16.4 Å². The number of benzene rings is 1. The van der Waals surface area contributed by atoms with Crippen LogP contribution in [-0.4, -0.2) is 18.2 Å². The number of pyridine rings is 1. The van der Waals surface area contributed by atoms with Crippen molar-refractivity contribution in [2.75, 3.05) is 18.5 Å². The molecule has 0 radical (unpaired) electrons. The fraction of sp³-hybridized carbons (Fsp3) is 0.250. The molecule has 0 unspecified atom stereocenters. The summed E-state index contributed by atoms with van der Waals surface area (Å²) in [7, 11) is 0. The van der Waals surface area contributed by atoms with Crippen molar-refractivity contribution in [3.8, 4) is 17.6 Å². The van der Waals surface area contributed by atoms with Gasteiger partial charge in [0.25, 0.3) is 0 Å². The molecule has 1 aromatic heterocycles. The van der Waals surface area contributed by atoms with E-state index in [4.69, 9.17) is 14.7 Å². The molecule has 2 aromatic rings. The van der Waals surface area contributed by atoms with Crippen LogP contribution >= 0.6 is 0 Å². The zero-order chi connectivity index (χ0) is 15.1. The fourth-order valence-electron chi connectivity index (χ4n) is 1.88. The third kappa shape index (κ3) is 3.63. The van der Waals surface area contributed by atoms with Crippen LogP contribution < -0.4 is 14.8 Å². The Balaban J connectivity index is 2.36. The average Bonchev–Trinajstić information content (AvgIpc) is 2.51. The second-order valence-corrected chi connectivity index (χ2v) is 4.16. The molecule has 0 saturated heterocycles. The quantitative estimate of drug-likeness (QED) is 0.879. The number of ether oxygens (including phenoxy) is 2. The van der Waals surface area contributed by atoms with Crippen LogP contribution in [-0.2, 0) is 0 Å². The SMILES string of the molecule is CCOc1ccc(OCC)c(Nc2cccnc2C#N)c1. The Morgan fingerprint density at radius 3 is 2.67 bits per heavy atom. The van der Waals surface area contributed by atoms with E-state index in [0.717, 1.165) is 11.4 Å². The summed E-state index contributed by atoms with van der Waals surface area (Å²) in [6.07, 6.45) is 1.59. The van der Waals surface area contributed by atoms with Gasteiger partial charge in [-0.3, -0.25) is 0 Å². The molecule has 0 spiro atoms. The van der Waals surface area contributed by atoms with Gasteiger partial charge in [-0.05, 0) is 38.1 Å². The number of hydrogen-bond acceptors (Lipinski definition) is 5. The summed E-state index contributed by atoms with van der Waals surface area (Å²) in [4.78, 5) is 4.03. The number of hydrogen-bond donors (Lipinski definition) is 1. The molecule has 0 aliphatic carbocycles. The van der Waals surface area contributed by atoms with E-state index in [9.17, 15) is 0 Å². The van der Waals surface area contributed by atoms with Crippen LogP contribution in [0.15, 0.2) is 36.5 Å². The Bertz CT molecular complexity index is 650. The number of rotatable bonds is 6. The van der Waals surface area contributed by atoms with Crippen LogP contribution in [0.3, 0.4) is 0 Å². The monoisotopic (exact) mass is 283 g/mol. The number of nitriles is 1. The Labute approximate surface area is 124 Å². The van der Waals surface area contributed by atoms with Crippen molar-refractivity contribution >= 4 is 11.4 Å². The van der Waals surface area contributed by atoms with Crippen molar-refractivity contribution in [2.45, 2.75) is 13.8 Å². The highest BCUT2D eigenvalue weighted by molar-refractivity contribution is 5.70. The van der Waals surface area contributed by atoms with Crippen molar-refractivity contribution in [2.24, 2.45) is 0 Å².